The van der Waals surface area contributed by atoms with Gasteiger partial charge in [0.1, 0.15) is 5.82 Å². The first-order chi connectivity index (χ1) is 11.0. The quantitative estimate of drug-likeness (QED) is 0.911. The average molecular weight is 314 g/mol. The summed E-state index contributed by atoms with van der Waals surface area (Å²) >= 11 is 0. The predicted molar refractivity (Wildman–Crippen MR) is 85.6 cm³/mol. The Hall–Kier alpha value is -2.43. The first-order valence-corrected chi connectivity index (χ1v) is 7.69. The number of benzene rings is 1. The fraction of sp³-hybridized carbons (Fsp3) is 0.333. The third-order valence-corrected chi connectivity index (χ3v) is 4.37. The van der Waals surface area contributed by atoms with Crippen molar-refractivity contribution in [2.24, 2.45) is 5.92 Å². The number of aromatic amines is 1. The van der Waals surface area contributed by atoms with Crippen LogP contribution in [0.4, 0.5) is 4.39 Å². The fourth-order valence-corrected chi connectivity index (χ4v) is 3.01. The number of pyridine rings is 1. The highest BCUT2D eigenvalue weighted by Crippen LogP contribution is 2.48. The topological polar surface area (TPSA) is 62.0 Å². The van der Waals surface area contributed by atoms with Crippen molar-refractivity contribution in [3.8, 4) is 0 Å². The lowest BCUT2D eigenvalue weighted by Crippen LogP contribution is -2.29. The van der Waals surface area contributed by atoms with Gasteiger partial charge in [-0.15, -0.1) is 0 Å². The van der Waals surface area contributed by atoms with Crippen LogP contribution < -0.4 is 10.9 Å². The van der Waals surface area contributed by atoms with Gasteiger partial charge in [-0.05, 0) is 49.4 Å². The lowest BCUT2D eigenvalue weighted by Gasteiger charge is -2.08. The molecule has 5 heteroatoms. The van der Waals surface area contributed by atoms with Crippen LogP contribution in [0.2, 0.25) is 0 Å². The Morgan fingerprint density at radius 3 is 2.78 bits per heavy atom. The van der Waals surface area contributed by atoms with E-state index in [1.54, 1.807) is 18.2 Å². The van der Waals surface area contributed by atoms with E-state index < -0.39 is 0 Å². The summed E-state index contributed by atoms with van der Waals surface area (Å²) in [4.78, 5) is 26.9. The number of carbonyl (C=O) groups is 1. The molecule has 2 atom stereocenters. The van der Waals surface area contributed by atoms with E-state index in [0.29, 0.717) is 17.5 Å². The van der Waals surface area contributed by atoms with Crippen LogP contribution in [0.1, 0.15) is 34.7 Å². The van der Waals surface area contributed by atoms with Crippen LogP contribution in [0.5, 0.6) is 0 Å². The third kappa shape index (κ3) is 3.18. The molecule has 1 amide bonds. The minimum absolute atomic E-state index is 0.0615. The molecule has 3 rings (SSSR count). The Balaban J connectivity index is 1.64. The predicted octanol–water partition coefficient (Wildman–Crippen LogP) is 2.55. The maximum absolute atomic E-state index is 13.7. The molecular weight excluding hydrogens is 295 g/mol. The van der Waals surface area contributed by atoms with Gasteiger partial charge in [0.2, 0.25) is 5.91 Å². The van der Waals surface area contributed by atoms with Gasteiger partial charge in [-0.1, -0.05) is 18.2 Å². The highest BCUT2D eigenvalue weighted by molar-refractivity contribution is 5.82. The van der Waals surface area contributed by atoms with E-state index in [9.17, 15) is 14.0 Å². The number of carbonyl (C=O) groups excluding carboxylic acids is 1. The number of halogens is 1. The van der Waals surface area contributed by atoms with E-state index in [1.807, 2.05) is 19.9 Å². The monoisotopic (exact) mass is 314 g/mol. The second-order valence-electron chi connectivity index (χ2n) is 6.13. The maximum Gasteiger partial charge on any atom is 0.253 e. The molecule has 1 aliphatic carbocycles. The lowest BCUT2D eigenvalue weighted by molar-refractivity contribution is -0.122. The Morgan fingerprint density at radius 2 is 2.09 bits per heavy atom. The zero-order valence-corrected chi connectivity index (χ0v) is 13.2. The number of H-pyrrole nitrogens is 1. The van der Waals surface area contributed by atoms with Crippen molar-refractivity contribution in [3.63, 3.8) is 0 Å². The van der Waals surface area contributed by atoms with Gasteiger partial charge in [0.05, 0.1) is 0 Å². The van der Waals surface area contributed by atoms with Gasteiger partial charge in [0.15, 0.2) is 0 Å². The van der Waals surface area contributed by atoms with Gasteiger partial charge < -0.3 is 10.3 Å². The fourth-order valence-electron chi connectivity index (χ4n) is 3.01. The van der Waals surface area contributed by atoms with Crippen molar-refractivity contribution in [2.45, 2.75) is 32.7 Å². The van der Waals surface area contributed by atoms with Crippen molar-refractivity contribution < 1.29 is 9.18 Å². The molecule has 23 heavy (non-hydrogen) atoms. The largest absolute Gasteiger partial charge is 0.352 e. The normalized spacial score (nSPS) is 19.4. The van der Waals surface area contributed by atoms with Crippen molar-refractivity contribution in [3.05, 3.63) is 68.9 Å². The Labute approximate surface area is 133 Å². The summed E-state index contributed by atoms with van der Waals surface area (Å²) in [5, 5.41) is 2.80. The van der Waals surface area contributed by atoms with E-state index in [-0.39, 0.29) is 35.7 Å². The maximum atomic E-state index is 13.7. The van der Waals surface area contributed by atoms with Crippen LogP contribution in [0.3, 0.4) is 0 Å². The number of rotatable bonds is 4. The Kier molecular flexibility index (Phi) is 4.03. The number of hydrogen-bond acceptors (Lipinski definition) is 2. The number of aryl methyl sites for hydroxylation is 2. The van der Waals surface area contributed by atoms with Gasteiger partial charge in [-0.2, -0.15) is 0 Å². The highest BCUT2D eigenvalue weighted by Gasteiger charge is 2.44. The van der Waals surface area contributed by atoms with Crippen molar-refractivity contribution in [1.82, 2.24) is 10.3 Å². The molecule has 2 aromatic rings. The SMILES string of the molecule is Cc1cc(C)c(CNC(=O)C2CC2c2ccccc2F)c(=O)[nH]1. The van der Waals surface area contributed by atoms with Gasteiger partial charge in [0, 0.05) is 23.7 Å². The molecule has 0 saturated heterocycles. The van der Waals surface area contributed by atoms with Crippen molar-refractivity contribution in [2.75, 3.05) is 0 Å². The van der Waals surface area contributed by atoms with E-state index in [0.717, 1.165) is 11.3 Å². The van der Waals surface area contributed by atoms with E-state index in [1.165, 1.54) is 6.07 Å². The number of amides is 1. The molecule has 1 aromatic heterocycles. The van der Waals surface area contributed by atoms with E-state index in [4.69, 9.17) is 0 Å². The van der Waals surface area contributed by atoms with Crippen molar-refractivity contribution in [1.29, 1.82) is 0 Å². The van der Waals surface area contributed by atoms with Crippen LogP contribution in [-0.2, 0) is 11.3 Å². The molecule has 0 spiro atoms. The Morgan fingerprint density at radius 1 is 1.35 bits per heavy atom. The van der Waals surface area contributed by atoms with Crippen LogP contribution >= 0.6 is 0 Å². The minimum Gasteiger partial charge on any atom is -0.352 e. The number of aromatic nitrogens is 1. The lowest BCUT2D eigenvalue weighted by atomic mass is 10.1. The summed E-state index contributed by atoms with van der Waals surface area (Å²) in [6.07, 6.45) is 0.649. The second kappa shape index (κ2) is 5.99. The molecule has 1 heterocycles. The molecule has 1 aromatic carbocycles. The molecule has 2 N–H and O–H groups in total. The Bertz CT molecular complexity index is 813. The smallest absolute Gasteiger partial charge is 0.253 e. The summed E-state index contributed by atoms with van der Waals surface area (Å²) < 4.78 is 13.7. The molecule has 1 aliphatic rings. The first-order valence-electron chi connectivity index (χ1n) is 7.69. The highest BCUT2D eigenvalue weighted by atomic mass is 19.1. The first kappa shape index (κ1) is 15.5. The zero-order chi connectivity index (χ0) is 16.6. The van der Waals surface area contributed by atoms with Crippen LogP contribution in [0, 0.1) is 25.6 Å². The molecule has 120 valence electrons. The van der Waals surface area contributed by atoms with E-state index >= 15 is 0 Å². The van der Waals surface area contributed by atoms with Gasteiger partial charge in [0.25, 0.3) is 5.56 Å². The molecule has 1 fully saturated rings. The van der Waals surface area contributed by atoms with E-state index in [2.05, 4.69) is 10.3 Å². The molecular formula is C18H19FN2O2. The number of hydrogen-bond donors (Lipinski definition) is 2. The third-order valence-electron chi connectivity index (χ3n) is 4.37. The van der Waals surface area contributed by atoms with Crippen LogP contribution in [0.15, 0.2) is 35.1 Å². The standard InChI is InChI=1S/C18H19FN2O2/c1-10-7-11(2)21-18(23)15(10)9-20-17(22)14-8-13(14)12-5-3-4-6-16(12)19/h3-7,13-14H,8-9H2,1-2H3,(H,20,22)(H,21,23). The van der Waals surface area contributed by atoms with Crippen LogP contribution in [0.25, 0.3) is 0 Å². The van der Waals surface area contributed by atoms with Gasteiger partial charge in [-0.25, -0.2) is 4.39 Å². The van der Waals surface area contributed by atoms with Crippen molar-refractivity contribution >= 4 is 5.91 Å². The number of nitrogens with one attached hydrogen (secondary N) is 2. The minimum atomic E-state index is -0.265. The summed E-state index contributed by atoms with van der Waals surface area (Å²) in [5.74, 6) is -0.665. The molecule has 0 aliphatic heterocycles. The summed E-state index contributed by atoms with van der Waals surface area (Å²) in [7, 11) is 0. The summed E-state index contributed by atoms with van der Waals surface area (Å²) in [5.41, 5.74) is 2.63. The molecule has 1 saturated carbocycles. The second-order valence-corrected chi connectivity index (χ2v) is 6.13. The molecule has 0 bridgehead atoms. The summed E-state index contributed by atoms with van der Waals surface area (Å²) in [6, 6.07) is 8.44. The molecule has 0 radical (unpaired) electrons. The molecule has 4 nitrogen and oxygen atoms in total. The summed E-state index contributed by atoms with van der Waals surface area (Å²) in [6.45, 7) is 3.86. The molecule has 2 unspecified atom stereocenters. The van der Waals surface area contributed by atoms with Gasteiger partial charge in [-0.3, -0.25) is 9.59 Å². The zero-order valence-electron chi connectivity index (χ0n) is 13.2. The van der Waals surface area contributed by atoms with Crippen LogP contribution in [-0.4, -0.2) is 10.9 Å². The average Bonchev–Trinajstić information content (AvgIpc) is 3.26. The van der Waals surface area contributed by atoms with Gasteiger partial charge >= 0.3 is 0 Å².